The molecular formula is C16H22N2. The summed E-state index contributed by atoms with van der Waals surface area (Å²) >= 11 is 0. The average molecular weight is 242 g/mol. The Morgan fingerprint density at radius 1 is 1.06 bits per heavy atom. The predicted octanol–water partition coefficient (Wildman–Crippen LogP) is 2.71. The lowest BCUT2D eigenvalue weighted by molar-refractivity contribution is 0.469. The molecule has 0 aliphatic carbocycles. The normalized spacial score (nSPS) is 11.9. The zero-order valence-electron chi connectivity index (χ0n) is 11.2. The summed E-state index contributed by atoms with van der Waals surface area (Å²) in [4.78, 5) is 0. The topological polar surface area (TPSA) is 38.0 Å². The molecule has 0 atom stereocenters. The molecule has 0 unspecified atom stereocenters. The summed E-state index contributed by atoms with van der Waals surface area (Å²) in [6.45, 7) is 5.89. The van der Waals surface area contributed by atoms with Crippen molar-refractivity contribution in [2.45, 2.75) is 25.8 Å². The van der Waals surface area contributed by atoms with Crippen LogP contribution < -0.4 is 11.1 Å². The van der Waals surface area contributed by atoms with Crippen LogP contribution in [-0.4, -0.2) is 18.6 Å². The number of benzene rings is 2. The van der Waals surface area contributed by atoms with Gasteiger partial charge in [0.2, 0.25) is 0 Å². The van der Waals surface area contributed by atoms with Crippen LogP contribution in [0.15, 0.2) is 42.5 Å². The molecule has 2 nitrogen and oxygen atoms in total. The molecule has 0 heterocycles. The first-order valence-corrected chi connectivity index (χ1v) is 6.52. The van der Waals surface area contributed by atoms with Crippen LogP contribution in [-0.2, 0) is 6.42 Å². The lowest BCUT2D eigenvalue weighted by Crippen LogP contribution is -2.43. The van der Waals surface area contributed by atoms with Crippen molar-refractivity contribution >= 4 is 10.8 Å². The maximum atomic E-state index is 5.94. The fourth-order valence-corrected chi connectivity index (χ4v) is 2.14. The molecule has 3 N–H and O–H groups in total. The van der Waals surface area contributed by atoms with E-state index in [4.69, 9.17) is 5.73 Å². The highest BCUT2D eigenvalue weighted by Gasteiger charge is 2.09. The van der Waals surface area contributed by atoms with Gasteiger partial charge in [0.05, 0.1) is 0 Å². The van der Waals surface area contributed by atoms with Gasteiger partial charge in [-0.3, -0.25) is 0 Å². The van der Waals surface area contributed by atoms with Crippen molar-refractivity contribution in [1.82, 2.24) is 5.32 Å². The first kappa shape index (κ1) is 13.1. The molecule has 0 aliphatic rings. The molecule has 2 aromatic rings. The number of nitrogens with two attached hydrogens (primary N) is 1. The molecule has 0 aliphatic heterocycles. The second kappa shape index (κ2) is 5.51. The Balaban J connectivity index is 2.00. The SMILES string of the molecule is CC(C)(N)CNCCc1cccc2ccccc12. The number of rotatable bonds is 5. The highest BCUT2D eigenvalue weighted by molar-refractivity contribution is 5.85. The van der Waals surface area contributed by atoms with Crippen molar-refractivity contribution in [3.63, 3.8) is 0 Å². The molecule has 0 spiro atoms. The fraction of sp³-hybridized carbons (Fsp3) is 0.375. The van der Waals surface area contributed by atoms with Gasteiger partial charge in [-0.05, 0) is 43.1 Å². The Hall–Kier alpha value is -1.38. The highest BCUT2D eigenvalue weighted by atomic mass is 14.9. The maximum absolute atomic E-state index is 5.94. The minimum atomic E-state index is -0.140. The molecular weight excluding hydrogens is 220 g/mol. The van der Waals surface area contributed by atoms with E-state index >= 15 is 0 Å². The van der Waals surface area contributed by atoms with Gasteiger partial charge in [-0.25, -0.2) is 0 Å². The number of hydrogen-bond donors (Lipinski definition) is 2. The lowest BCUT2D eigenvalue weighted by Gasteiger charge is -2.19. The molecule has 2 heteroatoms. The van der Waals surface area contributed by atoms with Crippen molar-refractivity contribution in [2.24, 2.45) is 5.73 Å². The van der Waals surface area contributed by atoms with Gasteiger partial charge in [-0.15, -0.1) is 0 Å². The molecule has 2 aromatic carbocycles. The van der Waals surface area contributed by atoms with Gasteiger partial charge in [-0.2, -0.15) is 0 Å². The first-order valence-electron chi connectivity index (χ1n) is 6.52. The fourth-order valence-electron chi connectivity index (χ4n) is 2.14. The molecule has 0 fully saturated rings. The zero-order chi connectivity index (χ0) is 13.0. The molecule has 2 rings (SSSR count). The summed E-state index contributed by atoms with van der Waals surface area (Å²) < 4.78 is 0. The van der Waals surface area contributed by atoms with Crippen LogP contribution in [0.25, 0.3) is 10.8 Å². The molecule has 0 amide bonds. The van der Waals surface area contributed by atoms with Gasteiger partial charge in [0.1, 0.15) is 0 Å². The van der Waals surface area contributed by atoms with E-state index in [2.05, 4.69) is 47.8 Å². The molecule has 0 aromatic heterocycles. The van der Waals surface area contributed by atoms with Gasteiger partial charge in [0, 0.05) is 12.1 Å². The van der Waals surface area contributed by atoms with Gasteiger partial charge in [0.25, 0.3) is 0 Å². The van der Waals surface area contributed by atoms with E-state index in [0.717, 1.165) is 19.5 Å². The third kappa shape index (κ3) is 3.56. The third-order valence-corrected chi connectivity index (χ3v) is 3.03. The second-order valence-electron chi connectivity index (χ2n) is 5.55. The van der Waals surface area contributed by atoms with Gasteiger partial charge in [-0.1, -0.05) is 42.5 Å². The summed E-state index contributed by atoms with van der Waals surface area (Å²) in [6.07, 6.45) is 1.04. The minimum Gasteiger partial charge on any atom is -0.324 e. The Morgan fingerprint density at radius 2 is 1.78 bits per heavy atom. The Labute approximate surface area is 109 Å². The van der Waals surface area contributed by atoms with E-state index in [9.17, 15) is 0 Å². The first-order chi connectivity index (χ1) is 8.56. The number of fused-ring (bicyclic) bond motifs is 1. The summed E-state index contributed by atoms with van der Waals surface area (Å²) in [5, 5.41) is 6.08. The molecule has 0 radical (unpaired) electrons. The molecule has 18 heavy (non-hydrogen) atoms. The van der Waals surface area contributed by atoms with Crippen LogP contribution in [0.1, 0.15) is 19.4 Å². The van der Waals surface area contributed by atoms with Crippen LogP contribution in [0.4, 0.5) is 0 Å². The second-order valence-corrected chi connectivity index (χ2v) is 5.55. The molecule has 0 saturated heterocycles. The standard InChI is InChI=1S/C16H22N2/c1-16(2,17)12-18-11-10-14-8-5-7-13-6-3-4-9-15(13)14/h3-9,18H,10-12,17H2,1-2H3. The lowest BCUT2D eigenvalue weighted by atomic mass is 10.0. The monoisotopic (exact) mass is 242 g/mol. The Bertz CT molecular complexity index is 506. The van der Waals surface area contributed by atoms with Gasteiger partial charge >= 0.3 is 0 Å². The quantitative estimate of drug-likeness (QED) is 0.791. The highest BCUT2D eigenvalue weighted by Crippen LogP contribution is 2.18. The Kier molecular flexibility index (Phi) is 4.00. The predicted molar refractivity (Wildman–Crippen MR) is 78.8 cm³/mol. The van der Waals surface area contributed by atoms with E-state index in [1.54, 1.807) is 0 Å². The minimum absolute atomic E-state index is 0.140. The summed E-state index contributed by atoms with van der Waals surface area (Å²) in [7, 11) is 0. The van der Waals surface area contributed by atoms with Crippen LogP contribution in [0, 0.1) is 0 Å². The average Bonchev–Trinajstić information content (AvgIpc) is 2.33. The summed E-state index contributed by atoms with van der Waals surface area (Å²) in [6, 6.07) is 15.0. The van der Waals surface area contributed by atoms with Crippen LogP contribution >= 0.6 is 0 Å². The van der Waals surface area contributed by atoms with Crippen LogP contribution in [0.5, 0.6) is 0 Å². The van der Waals surface area contributed by atoms with E-state index < -0.39 is 0 Å². The van der Waals surface area contributed by atoms with Crippen LogP contribution in [0.3, 0.4) is 0 Å². The smallest absolute Gasteiger partial charge is 0.0223 e. The van der Waals surface area contributed by atoms with E-state index in [0.29, 0.717) is 0 Å². The van der Waals surface area contributed by atoms with Crippen molar-refractivity contribution in [2.75, 3.05) is 13.1 Å². The largest absolute Gasteiger partial charge is 0.324 e. The van der Waals surface area contributed by atoms with Gasteiger partial charge in [0.15, 0.2) is 0 Å². The third-order valence-electron chi connectivity index (χ3n) is 3.03. The van der Waals surface area contributed by atoms with Crippen molar-refractivity contribution in [3.05, 3.63) is 48.0 Å². The molecule has 96 valence electrons. The van der Waals surface area contributed by atoms with Gasteiger partial charge < -0.3 is 11.1 Å². The Morgan fingerprint density at radius 3 is 2.56 bits per heavy atom. The van der Waals surface area contributed by atoms with Crippen molar-refractivity contribution in [3.8, 4) is 0 Å². The number of hydrogen-bond acceptors (Lipinski definition) is 2. The van der Waals surface area contributed by atoms with E-state index in [1.165, 1.54) is 16.3 Å². The number of nitrogens with one attached hydrogen (secondary N) is 1. The van der Waals surface area contributed by atoms with Crippen molar-refractivity contribution < 1.29 is 0 Å². The van der Waals surface area contributed by atoms with E-state index in [-0.39, 0.29) is 5.54 Å². The summed E-state index contributed by atoms with van der Waals surface area (Å²) in [5.41, 5.74) is 7.20. The zero-order valence-corrected chi connectivity index (χ0v) is 11.2. The van der Waals surface area contributed by atoms with E-state index in [1.807, 2.05) is 13.8 Å². The molecule has 0 saturated carbocycles. The molecule has 0 bridgehead atoms. The maximum Gasteiger partial charge on any atom is 0.0223 e. The summed E-state index contributed by atoms with van der Waals surface area (Å²) in [5.74, 6) is 0. The van der Waals surface area contributed by atoms with Crippen LogP contribution in [0.2, 0.25) is 0 Å². The van der Waals surface area contributed by atoms with Crippen molar-refractivity contribution in [1.29, 1.82) is 0 Å².